The Kier molecular flexibility index (Phi) is 16.3. The van der Waals surface area contributed by atoms with E-state index >= 15 is 0 Å². The third-order valence-electron chi connectivity index (χ3n) is 11.1. The van der Waals surface area contributed by atoms with Crippen LogP contribution >= 0.6 is 0 Å². The number of aliphatic hydroxyl groups excluding tert-OH is 1. The molecule has 3 aliphatic rings. The predicted octanol–water partition coefficient (Wildman–Crippen LogP) is 7.60. The van der Waals surface area contributed by atoms with Crippen molar-refractivity contribution in [2.45, 2.75) is 94.1 Å². The molecule has 0 aliphatic carbocycles. The van der Waals surface area contributed by atoms with Gasteiger partial charge in [0.15, 0.2) is 18.9 Å². The highest BCUT2D eigenvalue weighted by Gasteiger charge is 2.53. The normalized spacial score (nSPS) is 28.1. The van der Waals surface area contributed by atoms with Crippen molar-refractivity contribution in [3.63, 3.8) is 0 Å². The van der Waals surface area contributed by atoms with E-state index in [0.29, 0.717) is 0 Å². The van der Waals surface area contributed by atoms with E-state index < -0.39 is 67.7 Å². The van der Waals surface area contributed by atoms with Crippen molar-refractivity contribution in [2.75, 3.05) is 26.4 Å². The molecule has 330 valence electrons. The number of rotatable bonds is 20. The smallest absolute Gasteiger partial charge is 0.186 e. The lowest BCUT2D eigenvalue weighted by atomic mass is 9.96. The van der Waals surface area contributed by atoms with Crippen LogP contribution in [0.3, 0.4) is 0 Å². The van der Waals surface area contributed by atoms with E-state index in [1.165, 1.54) is 0 Å². The maximum absolute atomic E-state index is 12.1. The fourth-order valence-corrected chi connectivity index (χ4v) is 7.90. The van der Waals surface area contributed by atoms with E-state index in [1.807, 2.05) is 152 Å². The van der Waals surface area contributed by atoms with Gasteiger partial charge in [0.1, 0.15) is 48.8 Å². The van der Waals surface area contributed by atoms with Gasteiger partial charge in [-0.1, -0.05) is 157 Å². The first-order valence-electron chi connectivity index (χ1n) is 21.3. The lowest BCUT2D eigenvalue weighted by Crippen LogP contribution is -2.64. The van der Waals surface area contributed by atoms with Crippen molar-refractivity contribution in [1.82, 2.24) is 0 Å². The van der Waals surface area contributed by atoms with E-state index in [1.54, 1.807) is 0 Å². The van der Waals surface area contributed by atoms with Crippen LogP contribution in [0.25, 0.3) is 10.4 Å². The van der Waals surface area contributed by atoms with Gasteiger partial charge < -0.3 is 52.5 Å². The first-order valence-corrected chi connectivity index (χ1v) is 21.3. The minimum atomic E-state index is -1.28. The average Bonchev–Trinajstić information content (AvgIpc) is 3.34. The lowest BCUT2D eigenvalue weighted by molar-refractivity contribution is -0.375. The summed E-state index contributed by atoms with van der Waals surface area (Å²) in [5, 5.41) is 15.7. The number of fused-ring (bicyclic) bond motifs is 1. The van der Waals surface area contributed by atoms with Gasteiger partial charge in [0.2, 0.25) is 0 Å². The van der Waals surface area contributed by atoms with Gasteiger partial charge >= 0.3 is 0 Å². The molecule has 0 radical (unpaired) electrons. The van der Waals surface area contributed by atoms with E-state index in [2.05, 4.69) is 10.0 Å². The van der Waals surface area contributed by atoms with Crippen LogP contribution in [0, 0.1) is 0 Å². The minimum absolute atomic E-state index is 0.0480. The van der Waals surface area contributed by atoms with E-state index in [-0.39, 0.29) is 52.8 Å². The quantitative estimate of drug-likeness (QED) is 0.0355. The molecule has 1 unspecified atom stereocenters. The van der Waals surface area contributed by atoms with E-state index in [0.717, 1.165) is 27.8 Å². The third kappa shape index (κ3) is 12.2. The number of aliphatic hydroxyl groups is 1. The molecule has 3 heterocycles. The van der Waals surface area contributed by atoms with Crippen LogP contribution in [0.5, 0.6) is 0 Å². The molecular weight excluding hydrogens is 807 g/mol. The van der Waals surface area contributed by atoms with Crippen LogP contribution in [0.4, 0.5) is 0 Å². The Balaban J connectivity index is 1.07. The highest BCUT2D eigenvalue weighted by Crippen LogP contribution is 2.37. The van der Waals surface area contributed by atoms with Crippen LogP contribution in [-0.4, -0.2) is 92.9 Å². The molecule has 0 spiro atoms. The molecule has 14 nitrogen and oxygen atoms in total. The minimum Gasteiger partial charge on any atom is -0.385 e. The van der Waals surface area contributed by atoms with E-state index in [4.69, 9.17) is 52.9 Å². The summed E-state index contributed by atoms with van der Waals surface area (Å²) in [6.45, 7) is 1.07. The summed E-state index contributed by atoms with van der Waals surface area (Å²) in [6.07, 6.45) is -9.49. The Morgan fingerprint density at radius 3 is 1.57 bits per heavy atom. The molecule has 3 fully saturated rings. The van der Waals surface area contributed by atoms with Crippen LogP contribution in [-0.2, 0) is 73.8 Å². The maximum atomic E-state index is 12.1. The van der Waals surface area contributed by atoms with Crippen molar-refractivity contribution in [3.05, 3.63) is 190 Å². The van der Waals surface area contributed by atoms with Gasteiger partial charge in [0.05, 0.1) is 46.2 Å². The molecule has 5 aromatic rings. The van der Waals surface area contributed by atoms with Crippen molar-refractivity contribution < 1.29 is 52.5 Å². The SMILES string of the molecule is [N-]=[N+]=NCCO[C@H]1O[C@H](CO[C@H]2O[C@@H]3COC(c4ccccc4)O[C@H]3[C@H](OCc3ccccc3)[C@H]2O)[C@@H](OCc2ccccc2)[C@H](OCc2ccccc2)[C@H]1OCc1ccccc1. The standard InChI is InChI=1S/C49H53N3O11/c50-52-51-26-27-54-49-46(58-31-37-22-12-4-13-23-37)45(57-30-36-20-10-3-11-21-36)42(55-28-34-16-6-1-7-17-34)39(62-49)32-60-48-41(53)44(56-29-35-18-8-2-9-19-35)43-40(61-48)33-59-47(63-43)38-24-14-5-15-25-38/h1-25,39-49,53H,26-33H2/t39-,40-,41-,42-,43-,44-,45+,46-,47?,48+,49+/m1/s1. The molecule has 1 N–H and O–H groups in total. The molecule has 0 amide bonds. The number of benzene rings is 5. The van der Waals surface area contributed by atoms with Gasteiger partial charge in [-0.25, -0.2) is 0 Å². The van der Waals surface area contributed by atoms with Gasteiger partial charge in [-0.3, -0.25) is 0 Å². The van der Waals surface area contributed by atoms with Gasteiger partial charge in [-0.15, -0.1) is 0 Å². The maximum Gasteiger partial charge on any atom is 0.186 e. The highest BCUT2D eigenvalue weighted by molar-refractivity contribution is 5.18. The Morgan fingerprint density at radius 2 is 1.03 bits per heavy atom. The first-order chi connectivity index (χ1) is 31.1. The second-order valence-corrected chi connectivity index (χ2v) is 15.5. The summed E-state index contributed by atoms with van der Waals surface area (Å²) < 4.78 is 65.4. The van der Waals surface area contributed by atoms with Crippen LogP contribution in [0.1, 0.15) is 34.1 Å². The molecule has 11 atom stereocenters. The topological polar surface area (TPSA) is 161 Å². The molecular formula is C49H53N3O11. The van der Waals surface area contributed by atoms with Crippen molar-refractivity contribution in [1.29, 1.82) is 0 Å². The van der Waals surface area contributed by atoms with Crippen molar-refractivity contribution >= 4 is 0 Å². The van der Waals surface area contributed by atoms with Gasteiger partial charge in [0, 0.05) is 17.0 Å². The summed E-state index contributed by atoms with van der Waals surface area (Å²) in [6, 6.07) is 48.8. The van der Waals surface area contributed by atoms with Gasteiger partial charge in [-0.2, -0.15) is 0 Å². The second-order valence-electron chi connectivity index (χ2n) is 15.5. The van der Waals surface area contributed by atoms with E-state index in [9.17, 15) is 5.11 Å². The average molecular weight is 860 g/mol. The monoisotopic (exact) mass is 859 g/mol. The van der Waals surface area contributed by atoms with Gasteiger partial charge in [-0.05, 0) is 27.8 Å². The summed E-state index contributed by atoms with van der Waals surface area (Å²) in [5.74, 6) is 0. The Labute approximate surface area is 367 Å². The molecule has 0 bridgehead atoms. The zero-order valence-electron chi connectivity index (χ0n) is 34.8. The highest BCUT2D eigenvalue weighted by atomic mass is 16.8. The third-order valence-corrected chi connectivity index (χ3v) is 11.1. The van der Waals surface area contributed by atoms with Crippen LogP contribution in [0.15, 0.2) is 157 Å². The molecule has 3 saturated heterocycles. The molecule has 8 rings (SSSR count). The summed E-state index contributed by atoms with van der Waals surface area (Å²) >= 11 is 0. The van der Waals surface area contributed by atoms with Gasteiger partial charge in [0.25, 0.3) is 0 Å². The number of nitrogens with zero attached hydrogens (tertiary/aromatic N) is 3. The fraction of sp³-hybridized carbons (Fsp3) is 0.388. The van der Waals surface area contributed by atoms with Crippen LogP contribution in [0.2, 0.25) is 0 Å². The van der Waals surface area contributed by atoms with Crippen molar-refractivity contribution in [2.24, 2.45) is 5.11 Å². The Morgan fingerprint density at radius 1 is 0.540 bits per heavy atom. The Hall–Kier alpha value is -5.03. The number of azide groups is 1. The largest absolute Gasteiger partial charge is 0.385 e. The molecule has 63 heavy (non-hydrogen) atoms. The summed E-state index contributed by atoms with van der Waals surface area (Å²) in [7, 11) is 0. The second kappa shape index (κ2) is 23.1. The number of hydrogen-bond acceptors (Lipinski definition) is 12. The molecule has 5 aromatic carbocycles. The zero-order chi connectivity index (χ0) is 43.1. The number of ether oxygens (including phenoxy) is 10. The predicted molar refractivity (Wildman–Crippen MR) is 229 cm³/mol. The first kappa shape index (κ1) is 44.6. The zero-order valence-corrected chi connectivity index (χ0v) is 34.8. The summed E-state index contributed by atoms with van der Waals surface area (Å²) in [5.41, 5.74) is 13.6. The van der Waals surface area contributed by atoms with Crippen LogP contribution < -0.4 is 0 Å². The summed E-state index contributed by atoms with van der Waals surface area (Å²) in [4.78, 5) is 2.89. The molecule has 0 aromatic heterocycles. The fourth-order valence-electron chi connectivity index (χ4n) is 7.90. The lowest BCUT2D eigenvalue weighted by Gasteiger charge is -2.49. The Bertz CT molecular complexity index is 2120. The number of hydrogen-bond donors (Lipinski definition) is 1. The molecule has 3 aliphatic heterocycles. The molecule has 14 heteroatoms. The van der Waals surface area contributed by atoms with Crippen molar-refractivity contribution in [3.8, 4) is 0 Å². The molecule has 0 saturated carbocycles.